The summed E-state index contributed by atoms with van der Waals surface area (Å²) in [6.07, 6.45) is 1.04. The maximum Gasteiger partial charge on any atom is 0.252 e. The number of sulfone groups is 1. The average molecular weight is 351 g/mol. The van der Waals surface area contributed by atoms with E-state index in [0.717, 1.165) is 16.7 Å². The van der Waals surface area contributed by atoms with Crippen LogP contribution in [0.15, 0.2) is 41.2 Å². The molecule has 2 aliphatic heterocycles. The lowest BCUT2D eigenvalue weighted by atomic mass is 9.93. The molecule has 0 radical (unpaired) electrons. The van der Waals surface area contributed by atoms with Gasteiger partial charge in [-0.3, -0.25) is 14.5 Å². The summed E-state index contributed by atoms with van der Waals surface area (Å²) in [6.45, 7) is 0.160. The van der Waals surface area contributed by atoms with Gasteiger partial charge in [-0.1, -0.05) is 30.3 Å². The van der Waals surface area contributed by atoms with Crippen LogP contribution in [0.25, 0.3) is 0 Å². The molecule has 0 aromatic heterocycles. The highest BCUT2D eigenvalue weighted by Crippen LogP contribution is 2.31. The number of rotatable bonds is 4. The van der Waals surface area contributed by atoms with Gasteiger partial charge in [0.2, 0.25) is 11.8 Å². The first-order valence-electron chi connectivity index (χ1n) is 7.32. The van der Waals surface area contributed by atoms with Crippen molar-refractivity contribution < 1.29 is 23.1 Å². The van der Waals surface area contributed by atoms with E-state index in [-0.39, 0.29) is 18.9 Å². The van der Waals surface area contributed by atoms with E-state index in [1.54, 1.807) is 12.1 Å². The molecule has 2 amide bonds. The summed E-state index contributed by atoms with van der Waals surface area (Å²) in [4.78, 5) is 25.4. The number of nitrogens with zero attached hydrogens (tertiary/aromatic N) is 1. The van der Waals surface area contributed by atoms with Gasteiger partial charge in [0.1, 0.15) is 6.04 Å². The molecule has 2 aliphatic rings. The Kier molecular flexibility index (Phi) is 3.96. The summed E-state index contributed by atoms with van der Waals surface area (Å²) in [7, 11) is -3.78. The van der Waals surface area contributed by atoms with Crippen LogP contribution in [0.5, 0.6) is 0 Å². The number of aliphatic hydroxyl groups is 1. The van der Waals surface area contributed by atoms with Gasteiger partial charge in [-0.25, -0.2) is 8.42 Å². The third-order valence-electron chi connectivity index (χ3n) is 4.00. The number of carbonyl (C=O) groups is 2. The summed E-state index contributed by atoms with van der Waals surface area (Å²) < 4.78 is 23.5. The Hall–Kier alpha value is -2.55. The van der Waals surface area contributed by atoms with Crippen molar-refractivity contribution in [3.05, 3.63) is 46.8 Å². The predicted octanol–water partition coefficient (Wildman–Crippen LogP) is -0.743. The first-order valence-corrected chi connectivity index (χ1v) is 9.21. The standard InChI is InChI=1S/C15H17N3O5S/c1-24(22,23)15-13(20)16-8-10-12(14(21)18(10)15)17-11(19)7-9-5-3-2-4-6-9/h2-6,10,12,16,20H,7-8H2,1H3,(H,17,19)/t10-,12+/m1/s1. The first-order chi connectivity index (χ1) is 11.3. The second-order valence-corrected chi connectivity index (χ2v) is 7.72. The molecule has 0 aliphatic carbocycles. The number of fused-ring (bicyclic) bond motifs is 1. The molecule has 24 heavy (non-hydrogen) atoms. The first kappa shape index (κ1) is 16.3. The van der Waals surface area contributed by atoms with Crippen molar-refractivity contribution in [2.75, 3.05) is 12.8 Å². The molecule has 8 nitrogen and oxygen atoms in total. The van der Waals surface area contributed by atoms with Gasteiger partial charge in [0.15, 0.2) is 14.9 Å². The van der Waals surface area contributed by atoms with Crippen LogP contribution in [0.4, 0.5) is 0 Å². The molecule has 2 heterocycles. The SMILES string of the molecule is CS(=O)(=O)C1=C(O)NC[C@@H]2[C@H](NC(=O)Cc3ccccc3)C(=O)N12. The van der Waals surface area contributed by atoms with E-state index in [9.17, 15) is 23.1 Å². The van der Waals surface area contributed by atoms with Crippen molar-refractivity contribution in [2.24, 2.45) is 0 Å². The maximum atomic E-state index is 12.3. The Labute approximate surface area is 139 Å². The minimum Gasteiger partial charge on any atom is -0.493 e. The molecule has 0 spiro atoms. The number of β-lactam (4-membered cyclic amide) rings is 1. The quantitative estimate of drug-likeness (QED) is 0.615. The highest BCUT2D eigenvalue weighted by molar-refractivity contribution is 7.94. The third-order valence-corrected chi connectivity index (χ3v) is 5.09. The fourth-order valence-electron chi connectivity index (χ4n) is 2.91. The van der Waals surface area contributed by atoms with E-state index in [2.05, 4.69) is 10.6 Å². The molecule has 0 unspecified atom stereocenters. The van der Waals surface area contributed by atoms with Crippen LogP contribution in [0.1, 0.15) is 5.56 Å². The molecule has 3 rings (SSSR count). The fourth-order valence-corrected chi connectivity index (χ4v) is 3.92. The van der Waals surface area contributed by atoms with Crippen molar-refractivity contribution in [3.8, 4) is 0 Å². The zero-order chi connectivity index (χ0) is 17.5. The summed E-state index contributed by atoms with van der Waals surface area (Å²) in [6, 6.07) is 7.73. The van der Waals surface area contributed by atoms with Crippen LogP contribution in [-0.4, -0.2) is 55.1 Å². The van der Waals surface area contributed by atoms with Gasteiger partial charge in [0.05, 0.1) is 12.5 Å². The Morgan fingerprint density at radius 1 is 1.38 bits per heavy atom. The van der Waals surface area contributed by atoms with E-state index < -0.39 is 38.7 Å². The van der Waals surface area contributed by atoms with Crippen LogP contribution in [-0.2, 0) is 25.8 Å². The van der Waals surface area contributed by atoms with Crippen LogP contribution in [0, 0.1) is 0 Å². The third kappa shape index (κ3) is 2.82. The summed E-state index contributed by atoms with van der Waals surface area (Å²) in [5, 5.41) is 14.5. The second kappa shape index (κ2) is 5.82. The molecular formula is C15H17N3O5S. The van der Waals surface area contributed by atoms with Gasteiger partial charge < -0.3 is 15.7 Å². The van der Waals surface area contributed by atoms with Gasteiger partial charge in [-0.2, -0.15) is 0 Å². The van der Waals surface area contributed by atoms with Gasteiger partial charge in [-0.05, 0) is 5.56 Å². The van der Waals surface area contributed by atoms with Crippen molar-refractivity contribution in [2.45, 2.75) is 18.5 Å². The second-order valence-electron chi connectivity index (χ2n) is 5.79. The molecule has 9 heteroatoms. The van der Waals surface area contributed by atoms with Crippen LogP contribution in [0.2, 0.25) is 0 Å². The van der Waals surface area contributed by atoms with Gasteiger partial charge >= 0.3 is 0 Å². The highest BCUT2D eigenvalue weighted by atomic mass is 32.2. The normalized spacial score (nSPS) is 23.2. The number of nitrogens with one attached hydrogen (secondary N) is 2. The summed E-state index contributed by atoms with van der Waals surface area (Å²) >= 11 is 0. The van der Waals surface area contributed by atoms with Gasteiger partial charge in [0, 0.05) is 12.8 Å². The molecule has 0 bridgehead atoms. The molecular weight excluding hydrogens is 334 g/mol. The Morgan fingerprint density at radius 3 is 2.67 bits per heavy atom. The van der Waals surface area contributed by atoms with Gasteiger partial charge in [0.25, 0.3) is 5.91 Å². The molecule has 1 fully saturated rings. The number of hydrogen-bond acceptors (Lipinski definition) is 6. The number of hydrogen-bond donors (Lipinski definition) is 3. The smallest absolute Gasteiger partial charge is 0.252 e. The van der Waals surface area contributed by atoms with E-state index >= 15 is 0 Å². The zero-order valence-electron chi connectivity index (χ0n) is 12.9. The van der Waals surface area contributed by atoms with Crippen LogP contribution < -0.4 is 10.6 Å². The number of carbonyl (C=O) groups excluding carboxylic acids is 2. The maximum absolute atomic E-state index is 12.3. The molecule has 1 aromatic rings. The Bertz CT molecular complexity index is 819. The average Bonchev–Trinajstić information content (AvgIpc) is 2.52. The topological polar surface area (TPSA) is 116 Å². The monoisotopic (exact) mass is 351 g/mol. The Morgan fingerprint density at radius 2 is 2.04 bits per heavy atom. The molecule has 2 atom stereocenters. The molecule has 0 saturated carbocycles. The van der Waals surface area contributed by atoms with Crippen molar-refractivity contribution in [3.63, 3.8) is 0 Å². The minimum atomic E-state index is -3.78. The zero-order valence-corrected chi connectivity index (χ0v) is 13.7. The Balaban J connectivity index is 1.71. The van der Waals surface area contributed by atoms with Gasteiger partial charge in [-0.15, -0.1) is 0 Å². The number of aliphatic hydroxyl groups excluding tert-OH is 1. The van der Waals surface area contributed by atoms with E-state index in [0.29, 0.717) is 0 Å². The van der Waals surface area contributed by atoms with E-state index in [1.165, 1.54) is 0 Å². The van der Waals surface area contributed by atoms with Crippen molar-refractivity contribution in [1.82, 2.24) is 15.5 Å². The summed E-state index contributed by atoms with van der Waals surface area (Å²) in [5.74, 6) is -1.41. The lowest BCUT2D eigenvalue weighted by Crippen LogP contribution is -2.74. The van der Waals surface area contributed by atoms with Crippen molar-refractivity contribution in [1.29, 1.82) is 0 Å². The molecule has 128 valence electrons. The molecule has 1 aromatic carbocycles. The van der Waals surface area contributed by atoms with Crippen LogP contribution >= 0.6 is 0 Å². The largest absolute Gasteiger partial charge is 0.493 e. The van der Waals surface area contributed by atoms with Crippen molar-refractivity contribution >= 4 is 21.7 Å². The fraction of sp³-hybridized carbons (Fsp3) is 0.333. The van der Waals surface area contributed by atoms with Crippen LogP contribution in [0.3, 0.4) is 0 Å². The van der Waals surface area contributed by atoms with E-state index in [1.807, 2.05) is 18.2 Å². The highest BCUT2D eigenvalue weighted by Gasteiger charge is 2.54. The lowest BCUT2D eigenvalue weighted by molar-refractivity contribution is -0.150. The number of amides is 2. The number of benzene rings is 1. The minimum absolute atomic E-state index is 0.130. The lowest BCUT2D eigenvalue weighted by Gasteiger charge is -2.49. The molecule has 1 saturated heterocycles. The van der Waals surface area contributed by atoms with E-state index in [4.69, 9.17) is 0 Å². The molecule has 3 N–H and O–H groups in total. The predicted molar refractivity (Wildman–Crippen MR) is 85.2 cm³/mol. The summed E-state index contributed by atoms with van der Waals surface area (Å²) in [5.41, 5.74) is 0.815.